The molecular weight excluding hydrogens is 247 g/mol. The molecule has 0 aromatic heterocycles. The molecule has 1 aliphatic rings. The first kappa shape index (κ1) is 8.06. The number of nitrogens with two attached hydrogens (primary N) is 1. The second kappa shape index (κ2) is 3.38. The Hall–Kier alpha value is -0.0400. The van der Waals surface area contributed by atoms with E-state index < -0.39 is 0 Å². The molecular formula is C5H9IN2O2. The highest BCUT2D eigenvalue weighted by Crippen LogP contribution is 2.13. The third-order valence-corrected chi connectivity index (χ3v) is 2.18. The molecule has 0 aromatic rings. The summed E-state index contributed by atoms with van der Waals surface area (Å²) >= 11 is 1.92. The summed E-state index contributed by atoms with van der Waals surface area (Å²) in [4.78, 5) is 10.7. The quantitative estimate of drug-likeness (QED) is 0.544. The minimum atomic E-state index is -0.259. The molecule has 1 atom stereocenters. The standard InChI is InChI=1S/C5H9IN2O2/c6-8-2-4(1-7)3-10-5(8)9/h4H,1-3,7H2/t4-/m1/s1. The molecule has 1 fully saturated rings. The Balaban J connectivity index is 2.40. The first-order chi connectivity index (χ1) is 4.74. The number of carbonyl (C=O) groups is 1. The monoisotopic (exact) mass is 256 g/mol. The van der Waals surface area contributed by atoms with Gasteiger partial charge in [0.15, 0.2) is 0 Å². The van der Waals surface area contributed by atoms with Gasteiger partial charge in [-0.25, -0.2) is 7.91 Å². The first-order valence-corrected chi connectivity index (χ1v) is 4.00. The number of ether oxygens (including phenoxy) is 1. The third kappa shape index (κ3) is 1.72. The van der Waals surface area contributed by atoms with Gasteiger partial charge in [-0.05, 0) is 0 Å². The van der Waals surface area contributed by atoms with E-state index in [4.69, 9.17) is 10.5 Å². The Morgan fingerprint density at radius 2 is 2.60 bits per heavy atom. The lowest BCUT2D eigenvalue weighted by molar-refractivity contribution is 0.0829. The summed E-state index contributed by atoms with van der Waals surface area (Å²) in [5.74, 6) is 0.301. The predicted molar refractivity (Wildman–Crippen MR) is 44.6 cm³/mol. The number of amides is 1. The highest BCUT2D eigenvalue weighted by atomic mass is 127. The van der Waals surface area contributed by atoms with Gasteiger partial charge in [-0.15, -0.1) is 0 Å². The number of cyclic esters (lactones) is 1. The van der Waals surface area contributed by atoms with Crippen molar-refractivity contribution < 1.29 is 9.53 Å². The van der Waals surface area contributed by atoms with Crippen molar-refractivity contribution in [1.82, 2.24) is 3.11 Å². The fraction of sp³-hybridized carbons (Fsp3) is 0.800. The van der Waals surface area contributed by atoms with Crippen molar-refractivity contribution in [2.45, 2.75) is 0 Å². The maximum Gasteiger partial charge on any atom is 0.418 e. The molecule has 0 aromatic carbocycles. The number of hydrogen-bond donors (Lipinski definition) is 1. The molecule has 0 saturated carbocycles. The van der Waals surface area contributed by atoms with Gasteiger partial charge in [-0.3, -0.25) is 0 Å². The van der Waals surface area contributed by atoms with Crippen LogP contribution in [0, 0.1) is 5.92 Å². The van der Waals surface area contributed by atoms with E-state index in [0.29, 0.717) is 25.6 Å². The zero-order valence-corrected chi connectivity index (χ0v) is 7.58. The lowest BCUT2D eigenvalue weighted by atomic mass is 10.1. The van der Waals surface area contributed by atoms with Crippen molar-refractivity contribution in [1.29, 1.82) is 0 Å². The van der Waals surface area contributed by atoms with E-state index in [1.165, 1.54) is 3.11 Å². The number of hydrogen-bond acceptors (Lipinski definition) is 3. The van der Waals surface area contributed by atoms with E-state index in [-0.39, 0.29) is 6.09 Å². The SMILES string of the molecule is NC[C@H]1COC(=O)N(I)C1. The van der Waals surface area contributed by atoms with E-state index in [9.17, 15) is 4.79 Å². The minimum Gasteiger partial charge on any atom is -0.448 e. The van der Waals surface area contributed by atoms with Gasteiger partial charge < -0.3 is 10.5 Å². The molecule has 5 heteroatoms. The molecule has 1 saturated heterocycles. The molecule has 0 bridgehead atoms. The van der Waals surface area contributed by atoms with Gasteiger partial charge in [0.25, 0.3) is 0 Å². The van der Waals surface area contributed by atoms with Gasteiger partial charge >= 0.3 is 6.09 Å². The number of nitrogens with zero attached hydrogens (tertiary/aromatic N) is 1. The lowest BCUT2D eigenvalue weighted by Crippen LogP contribution is -2.40. The van der Waals surface area contributed by atoms with Crippen LogP contribution in [0.2, 0.25) is 0 Å². The number of halogens is 1. The average molecular weight is 256 g/mol. The maximum absolute atomic E-state index is 10.7. The smallest absolute Gasteiger partial charge is 0.418 e. The molecule has 4 nitrogen and oxygen atoms in total. The summed E-state index contributed by atoms with van der Waals surface area (Å²) in [6.07, 6.45) is -0.259. The van der Waals surface area contributed by atoms with Crippen molar-refractivity contribution in [3.05, 3.63) is 0 Å². The largest absolute Gasteiger partial charge is 0.448 e. The predicted octanol–water partition coefficient (Wildman–Crippen LogP) is 0.364. The van der Waals surface area contributed by atoms with Crippen LogP contribution < -0.4 is 5.73 Å². The van der Waals surface area contributed by atoms with E-state index in [2.05, 4.69) is 0 Å². The minimum absolute atomic E-state index is 0.259. The van der Waals surface area contributed by atoms with E-state index in [1.54, 1.807) is 0 Å². The molecule has 0 radical (unpaired) electrons. The van der Waals surface area contributed by atoms with Crippen molar-refractivity contribution in [2.24, 2.45) is 11.7 Å². The molecule has 1 amide bonds. The van der Waals surface area contributed by atoms with Crippen LogP contribution in [0.3, 0.4) is 0 Å². The van der Waals surface area contributed by atoms with Crippen molar-refractivity contribution in [3.63, 3.8) is 0 Å². The average Bonchev–Trinajstić information content (AvgIpc) is 1.95. The van der Waals surface area contributed by atoms with Crippen molar-refractivity contribution >= 4 is 29.0 Å². The van der Waals surface area contributed by atoms with Crippen LogP contribution >= 0.6 is 22.9 Å². The van der Waals surface area contributed by atoms with Crippen LogP contribution in [0.4, 0.5) is 4.79 Å². The zero-order valence-electron chi connectivity index (χ0n) is 5.42. The van der Waals surface area contributed by atoms with Gasteiger partial charge in [0.1, 0.15) is 0 Å². The van der Waals surface area contributed by atoms with Crippen LogP contribution in [-0.4, -0.2) is 28.9 Å². The molecule has 0 aliphatic carbocycles. The summed E-state index contributed by atoms with van der Waals surface area (Å²) in [6, 6.07) is 0. The zero-order chi connectivity index (χ0) is 7.56. The van der Waals surface area contributed by atoms with Crippen molar-refractivity contribution in [3.8, 4) is 0 Å². The van der Waals surface area contributed by atoms with Gasteiger partial charge in [-0.1, -0.05) is 0 Å². The normalized spacial score (nSPS) is 26.4. The fourth-order valence-corrected chi connectivity index (χ4v) is 1.45. The maximum atomic E-state index is 10.7. The van der Waals surface area contributed by atoms with Crippen LogP contribution in [0.25, 0.3) is 0 Å². The van der Waals surface area contributed by atoms with Gasteiger partial charge in [-0.2, -0.15) is 0 Å². The summed E-state index contributed by atoms with van der Waals surface area (Å²) in [6.45, 7) is 1.75. The van der Waals surface area contributed by atoms with Gasteiger partial charge in [0.2, 0.25) is 0 Å². The molecule has 1 heterocycles. The van der Waals surface area contributed by atoms with Gasteiger partial charge in [0.05, 0.1) is 29.5 Å². The Bertz CT molecular complexity index is 142. The third-order valence-electron chi connectivity index (χ3n) is 1.39. The molecule has 0 spiro atoms. The summed E-state index contributed by atoms with van der Waals surface area (Å²) < 4.78 is 6.31. The van der Waals surface area contributed by atoms with Crippen LogP contribution in [0.1, 0.15) is 0 Å². The van der Waals surface area contributed by atoms with E-state index >= 15 is 0 Å². The topological polar surface area (TPSA) is 55.6 Å². The first-order valence-electron chi connectivity index (χ1n) is 3.04. The Kier molecular flexibility index (Phi) is 2.72. The summed E-state index contributed by atoms with van der Waals surface area (Å²) in [5, 5.41) is 0. The van der Waals surface area contributed by atoms with Crippen LogP contribution in [0.15, 0.2) is 0 Å². The highest BCUT2D eigenvalue weighted by molar-refractivity contribution is 14.1. The second-order valence-corrected chi connectivity index (χ2v) is 3.39. The highest BCUT2D eigenvalue weighted by Gasteiger charge is 2.23. The second-order valence-electron chi connectivity index (χ2n) is 2.22. The van der Waals surface area contributed by atoms with Crippen LogP contribution in [-0.2, 0) is 4.74 Å². The Labute approximate surface area is 73.2 Å². The molecule has 1 rings (SSSR count). The van der Waals surface area contributed by atoms with E-state index in [0.717, 1.165) is 0 Å². The molecule has 2 N–H and O–H groups in total. The van der Waals surface area contributed by atoms with Crippen LogP contribution in [0.5, 0.6) is 0 Å². The Morgan fingerprint density at radius 3 is 3.10 bits per heavy atom. The fourth-order valence-electron chi connectivity index (χ4n) is 0.756. The van der Waals surface area contributed by atoms with E-state index in [1.807, 2.05) is 22.9 Å². The molecule has 1 aliphatic heterocycles. The molecule has 0 unspecified atom stereocenters. The molecule has 10 heavy (non-hydrogen) atoms. The summed E-state index contributed by atoms with van der Waals surface area (Å²) in [7, 11) is 0. The lowest BCUT2D eigenvalue weighted by Gasteiger charge is -2.26. The van der Waals surface area contributed by atoms with Gasteiger partial charge in [0, 0.05) is 19.0 Å². The summed E-state index contributed by atoms with van der Waals surface area (Å²) in [5.41, 5.74) is 5.39. The molecule has 58 valence electrons. The number of rotatable bonds is 1. The Morgan fingerprint density at radius 1 is 1.90 bits per heavy atom. The van der Waals surface area contributed by atoms with Crippen molar-refractivity contribution in [2.75, 3.05) is 19.7 Å². The number of carbonyl (C=O) groups excluding carboxylic acids is 1.